The number of ether oxygens (including phenoxy) is 3. The maximum atomic E-state index is 11.8. The lowest BCUT2D eigenvalue weighted by Gasteiger charge is -2.14. The number of hydrogen-bond acceptors (Lipinski definition) is 6. The van der Waals surface area contributed by atoms with E-state index in [1.54, 1.807) is 12.1 Å². The van der Waals surface area contributed by atoms with Crippen molar-refractivity contribution in [1.29, 1.82) is 0 Å². The molecule has 0 saturated carbocycles. The number of nitrogens with two attached hydrogens (primary N) is 1. The van der Waals surface area contributed by atoms with Gasteiger partial charge in [0.1, 0.15) is 0 Å². The molecule has 27 heavy (non-hydrogen) atoms. The van der Waals surface area contributed by atoms with Gasteiger partial charge in [-0.05, 0) is 44.0 Å². The number of esters is 1. The molecule has 9 heteroatoms. The highest BCUT2D eigenvalue weighted by molar-refractivity contribution is 6.32. The average Bonchev–Trinajstić information content (AvgIpc) is 2.59. The third kappa shape index (κ3) is 7.57. The number of carbonyl (C=O) groups is 3. The SMILES string of the molecule is CCCOc1c(Cl)cc(/C=C/C(=O)O[C@@H](C)C(=O)NC(N)=O)cc1OCC. The third-order valence-corrected chi connectivity index (χ3v) is 3.38. The number of primary amides is 1. The summed E-state index contributed by atoms with van der Waals surface area (Å²) in [5, 5.41) is 2.17. The van der Waals surface area contributed by atoms with Gasteiger partial charge < -0.3 is 19.9 Å². The van der Waals surface area contributed by atoms with Gasteiger partial charge in [0.05, 0.1) is 18.2 Å². The van der Waals surface area contributed by atoms with E-state index in [2.05, 4.69) is 0 Å². The molecule has 148 valence electrons. The fraction of sp³-hybridized carbons (Fsp3) is 0.389. The minimum Gasteiger partial charge on any atom is -0.490 e. The Morgan fingerprint density at radius 1 is 1.26 bits per heavy atom. The predicted molar refractivity (Wildman–Crippen MR) is 101 cm³/mol. The Morgan fingerprint density at radius 2 is 1.96 bits per heavy atom. The quantitative estimate of drug-likeness (QED) is 0.487. The first kappa shape index (κ1) is 22.3. The number of rotatable bonds is 9. The summed E-state index contributed by atoms with van der Waals surface area (Å²) in [4.78, 5) is 33.9. The topological polar surface area (TPSA) is 117 Å². The lowest BCUT2D eigenvalue weighted by molar-refractivity contribution is -0.149. The highest BCUT2D eigenvalue weighted by Gasteiger charge is 2.18. The molecular weight excluding hydrogens is 376 g/mol. The zero-order valence-electron chi connectivity index (χ0n) is 15.4. The summed E-state index contributed by atoms with van der Waals surface area (Å²) in [5.41, 5.74) is 5.41. The van der Waals surface area contributed by atoms with Gasteiger partial charge in [0.25, 0.3) is 5.91 Å². The van der Waals surface area contributed by atoms with Crippen LogP contribution in [0.3, 0.4) is 0 Å². The largest absolute Gasteiger partial charge is 0.490 e. The minimum absolute atomic E-state index is 0.344. The Hall–Kier alpha value is -2.74. The van der Waals surface area contributed by atoms with Crippen molar-refractivity contribution >= 4 is 35.6 Å². The zero-order chi connectivity index (χ0) is 20.4. The molecule has 0 bridgehead atoms. The van der Waals surface area contributed by atoms with Crippen LogP contribution in [0.1, 0.15) is 32.8 Å². The number of urea groups is 1. The van der Waals surface area contributed by atoms with Gasteiger partial charge in [-0.2, -0.15) is 0 Å². The van der Waals surface area contributed by atoms with Gasteiger partial charge in [-0.25, -0.2) is 9.59 Å². The van der Waals surface area contributed by atoms with Crippen LogP contribution in [0.4, 0.5) is 4.79 Å². The van der Waals surface area contributed by atoms with Gasteiger partial charge in [0.2, 0.25) is 0 Å². The Kier molecular flexibility index (Phi) is 9.15. The van der Waals surface area contributed by atoms with Gasteiger partial charge in [0, 0.05) is 6.08 Å². The van der Waals surface area contributed by atoms with Crippen LogP contribution >= 0.6 is 11.6 Å². The Bertz CT molecular complexity index is 720. The summed E-state index contributed by atoms with van der Waals surface area (Å²) in [5.74, 6) is -0.691. The monoisotopic (exact) mass is 398 g/mol. The Labute approximate surface area is 162 Å². The standard InChI is InChI=1S/C18H23ClN2O6/c1-4-8-26-16-13(19)9-12(10-14(16)25-5-2)6-7-15(22)27-11(3)17(23)21-18(20)24/h6-7,9-11H,4-5,8H2,1-3H3,(H3,20,21,23,24)/b7-6+/t11-/m0/s1. The van der Waals surface area contributed by atoms with E-state index in [4.69, 9.17) is 31.5 Å². The number of nitrogens with one attached hydrogen (secondary N) is 1. The molecule has 0 aliphatic heterocycles. The summed E-state index contributed by atoms with van der Waals surface area (Å²) in [7, 11) is 0. The van der Waals surface area contributed by atoms with Crippen LogP contribution in [-0.2, 0) is 14.3 Å². The van der Waals surface area contributed by atoms with Crippen LogP contribution in [0.5, 0.6) is 11.5 Å². The van der Waals surface area contributed by atoms with Crippen LogP contribution in [0.25, 0.3) is 6.08 Å². The van der Waals surface area contributed by atoms with Crippen molar-refractivity contribution in [3.05, 3.63) is 28.8 Å². The molecule has 0 spiro atoms. The number of halogens is 1. The summed E-state index contributed by atoms with van der Waals surface area (Å²) >= 11 is 6.24. The van der Waals surface area contributed by atoms with Gasteiger partial charge in [-0.1, -0.05) is 18.5 Å². The molecule has 0 unspecified atom stereocenters. The summed E-state index contributed by atoms with van der Waals surface area (Å²) in [6.07, 6.45) is 2.22. The van der Waals surface area contributed by atoms with Crippen molar-refractivity contribution in [3.63, 3.8) is 0 Å². The predicted octanol–water partition coefficient (Wildman–Crippen LogP) is 2.67. The Morgan fingerprint density at radius 3 is 2.56 bits per heavy atom. The second-order valence-electron chi connectivity index (χ2n) is 5.38. The lowest BCUT2D eigenvalue weighted by Crippen LogP contribution is -2.42. The van der Waals surface area contributed by atoms with E-state index in [1.807, 2.05) is 19.2 Å². The first-order chi connectivity index (χ1) is 12.8. The van der Waals surface area contributed by atoms with Crippen LogP contribution in [0.15, 0.2) is 18.2 Å². The molecule has 0 saturated heterocycles. The second kappa shape index (κ2) is 11.1. The van der Waals surface area contributed by atoms with Crippen molar-refractivity contribution in [3.8, 4) is 11.5 Å². The maximum absolute atomic E-state index is 11.8. The van der Waals surface area contributed by atoms with E-state index in [-0.39, 0.29) is 0 Å². The minimum atomic E-state index is -1.18. The molecule has 1 rings (SSSR count). The summed E-state index contributed by atoms with van der Waals surface area (Å²) in [6.45, 7) is 6.03. The molecule has 3 N–H and O–H groups in total. The van der Waals surface area contributed by atoms with Crippen LogP contribution in [0.2, 0.25) is 5.02 Å². The van der Waals surface area contributed by atoms with Crippen LogP contribution < -0.4 is 20.5 Å². The molecule has 0 aliphatic rings. The lowest BCUT2D eigenvalue weighted by atomic mass is 10.2. The molecule has 3 amide bonds. The van der Waals surface area contributed by atoms with Gasteiger partial charge in [-0.15, -0.1) is 0 Å². The van der Waals surface area contributed by atoms with Gasteiger partial charge in [0.15, 0.2) is 17.6 Å². The zero-order valence-corrected chi connectivity index (χ0v) is 16.2. The first-order valence-electron chi connectivity index (χ1n) is 8.36. The van der Waals surface area contributed by atoms with Crippen molar-refractivity contribution in [1.82, 2.24) is 5.32 Å². The van der Waals surface area contributed by atoms with Crippen LogP contribution in [-0.4, -0.2) is 37.2 Å². The average molecular weight is 399 g/mol. The number of benzene rings is 1. The van der Waals surface area contributed by atoms with E-state index in [0.717, 1.165) is 12.5 Å². The number of amides is 3. The number of imide groups is 1. The Balaban J connectivity index is 2.86. The van der Waals surface area contributed by atoms with E-state index in [0.29, 0.717) is 35.3 Å². The molecule has 0 radical (unpaired) electrons. The molecule has 1 atom stereocenters. The molecule has 0 aliphatic carbocycles. The van der Waals surface area contributed by atoms with E-state index in [1.165, 1.54) is 13.0 Å². The number of carbonyl (C=O) groups excluding carboxylic acids is 3. The molecule has 8 nitrogen and oxygen atoms in total. The van der Waals surface area contributed by atoms with Gasteiger partial charge >= 0.3 is 12.0 Å². The first-order valence-corrected chi connectivity index (χ1v) is 8.74. The molecular formula is C18H23ClN2O6. The molecule has 0 heterocycles. The third-order valence-electron chi connectivity index (χ3n) is 3.10. The van der Waals surface area contributed by atoms with Crippen molar-refractivity contribution in [2.75, 3.05) is 13.2 Å². The normalized spacial score (nSPS) is 11.7. The van der Waals surface area contributed by atoms with E-state index in [9.17, 15) is 14.4 Å². The van der Waals surface area contributed by atoms with Crippen molar-refractivity contribution in [2.24, 2.45) is 5.73 Å². The maximum Gasteiger partial charge on any atom is 0.331 e. The number of hydrogen-bond donors (Lipinski definition) is 2. The molecule has 1 aromatic rings. The summed E-state index contributed by atoms with van der Waals surface area (Å²) in [6, 6.07) is 2.26. The highest BCUT2D eigenvalue weighted by atomic mass is 35.5. The van der Waals surface area contributed by atoms with Crippen molar-refractivity contribution < 1.29 is 28.6 Å². The molecule has 0 aromatic heterocycles. The van der Waals surface area contributed by atoms with Gasteiger partial charge in [-0.3, -0.25) is 10.1 Å². The highest BCUT2D eigenvalue weighted by Crippen LogP contribution is 2.37. The van der Waals surface area contributed by atoms with E-state index < -0.39 is 24.0 Å². The van der Waals surface area contributed by atoms with Crippen LogP contribution in [0, 0.1) is 0 Å². The fourth-order valence-corrected chi connectivity index (χ4v) is 2.22. The summed E-state index contributed by atoms with van der Waals surface area (Å²) < 4.78 is 16.0. The van der Waals surface area contributed by atoms with E-state index >= 15 is 0 Å². The smallest absolute Gasteiger partial charge is 0.331 e. The fourth-order valence-electron chi connectivity index (χ4n) is 1.95. The second-order valence-corrected chi connectivity index (χ2v) is 5.78. The molecule has 1 aromatic carbocycles. The molecule has 0 fully saturated rings. The van der Waals surface area contributed by atoms with Crippen molar-refractivity contribution in [2.45, 2.75) is 33.3 Å².